The second-order valence-corrected chi connectivity index (χ2v) is 9.12. The number of piperidine rings is 1. The largest absolute Gasteiger partial charge is 0.299 e. The lowest BCUT2D eigenvalue weighted by atomic mass is 9.99. The summed E-state index contributed by atoms with van der Waals surface area (Å²) >= 11 is 7.18. The topological polar surface area (TPSA) is 88.4 Å². The van der Waals surface area contributed by atoms with Gasteiger partial charge < -0.3 is 0 Å². The summed E-state index contributed by atoms with van der Waals surface area (Å²) in [5.41, 5.74) is 1.62. The van der Waals surface area contributed by atoms with Crippen LogP contribution in [0.15, 0.2) is 36.4 Å². The van der Waals surface area contributed by atoms with Gasteiger partial charge in [0, 0.05) is 17.6 Å². The maximum atomic E-state index is 12.6. The number of rotatable bonds is 5. The average molecular weight is 445 g/mol. The van der Waals surface area contributed by atoms with Crippen molar-refractivity contribution in [1.29, 1.82) is 0 Å². The molecule has 156 valence electrons. The number of benzene rings is 2. The summed E-state index contributed by atoms with van der Waals surface area (Å²) in [6.45, 7) is 5.43. The normalized spacial score (nSPS) is 15.4. The molecule has 2 heterocycles. The Bertz CT molecular complexity index is 1110. The second-order valence-electron chi connectivity index (χ2n) is 7.65. The summed E-state index contributed by atoms with van der Waals surface area (Å²) in [6, 6.07) is 10.1. The molecule has 1 saturated heterocycles. The van der Waals surface area contributed by atoms with Crippen LogP contribution >= 0.6 is 22.9 Å². The minimum Gasteiger partial charge on any atom is -0.299 e. The van der Waals surface area contributed by atoms with Gasteiger partial charge in [0.15, 0.2) is 5.13 Å². The molecule has 4 rings (SSSR count). The molecule has 2 aromatic carbocycles. The molecule has 0 bridgehead atoms. The summed E-state index contributed by atoms with van der Waals surface area (Å²) in [5.74, 6) is 0.216. The highest BCUT2D eigenvalue weighted by molar-refractivity contribution is 7.22. The summed E-state index contributed by atoms with van der Waals surface area (Å²) in [7, 11) is 0. The van der Waals surface area contributed by atoms with Crippen LogP contribution in [0.1, 0.15) is 35.7 Å². The Morgan fingerprint density at radius 3 is 2.80 bits per heavy atom. The third-order valence-electron chi connectivity index (χ3n) is 5.36. The van der Waals surface area contributed by atoms with E-state index in [-0.39, 0.29) is 16.3 Å². The van der Waals surface area contributed by atoms with E-state index in [9.17, 15) is 14.9 Å². The van der Waals surface area contributed by atoms with Gasteiger partial charge in [0.1, 0.15) is 5.56 Å². The van der Waals surface area contributed by atoms with E-state index in [0.717, 1.165) is 35.8 Å². The average Bonchev–Trinajstić information content (AvgIpc) is 3.11. The van der Waals surface area contributed by atoms with Crippen molar-refractivity contribution >= 4 is 49.9 Å². The molecule has 9 heteroatoms. The lowest BCUT2D eigenvalue weighted by Crippen LogP contribution is -2.32. The van der Waals surface area contributed by atoms with Gasteiger partial charge in [0.05, 0.1) is 15.1 Å². The molecule has 0 radical (unpaired) electrons. The molecule has 0 saturated carbocycles. The van der Waals surface area contributed by atoms with Crippen LogP contribution in [0.25, 0.3) is 10.2 Å². The molecule has 1 amide bonds. The smallest absolute Gasteiger partial charge is 0.283 e. The number of nitro benzene ring substituents is 1. The number of hydrogen-bond donors (Lipinski definition) is 1. The molecule has 1 N–H and O–H groups in total. The number of fused-ring (bicyclic) bond motifs is 1. The van der Waals surface area contributed by atoms with Gasteiger partial charge in [0.25, 0.3) is 11.6 Å². The zero-order valence-electron chi connectivity index (χ0n) is 16.4. The number of nitrogens with one attached hydrogen (secondary N) is 1. The molecule has 0 spiro atoms. The van der Waals surface area contributed by atoms with E-state index < -0.39 is 10.8 Å². The number of carbonyl (C=O) groups excluding carboxylic acids is 1. The monoisotopic (exact) mass is 444 g/mol. The van der Waals surface area contributed by atoms with Crippen LogP contribution in [-0.2, 0) is 6.54 Å². The molecule has 0 unspecified atom stereocenters. The van der Waals surface area contributed by atoms with Crippen LogP contribution in [0.4, 0.5) is 10.8 Å². The van der Waals surface area contributed by atoms with Gasteiger partial charge in [-0.1, -0.05) is 35.9 Å². The summed E-state index contributed by atoms with van der Waals surface area (Å²) < 4.78 is 0.971. The van der Waals surface area contributed by atoms with Gasteiger partial charge in [-0.2, -0.15) is 0 Å². The van der Waals surface area contributed by atoms with Gasteiger partial charge >= 0.3 is 0 Å². The first kappa shape index (κ1) is 20.7. The van der Waals surface area contributed by atoms with Crippen LogP contribution in [0.3, 0.4) is 0 Å². The first-order valence-electron chi connectivity index (χ1n) is 9.76. The third-order valence-corrected chi connectivity index (χ3v) is 6.53. The van der Waals surface area contributed by atoms with E-state index in [2.05, 4.69) is 34.3 Å². The Hall–Kier alpha value is -2.55. The van der Waals surface area contributed by atoms with Crippen LogP contribution in [0, 0.1) is 16.0 Å². The highest BCUT2D eigenvalue weighted by Crippen LogP contribution is 2.29. The fourth-order valence-corrected chi connectivity index (χ4v) is 4.70. The van der Waals surface area contributed by atoms with Gasteiger partial charge in [0.2, 0.25) is 0 Å². The van der Waals surface area contributed by atoms with Crippen molar-refractivity contribution < 1.29 is 9.72 Å². The lowest BCUT2D eigenvalue weighted by Gasteiger charge is -2.30. The second kappa shape index (κ2) is 8.67. The Balaban J connectivity index is 1.50. The molecular formula is C21H21ClN4O3S. The van der Waals surface area contributed by atoms with E-state index in [1.807, 2.05) is 6.07 Å². The lowest BCUT2D eigenvalue weighted by molar-refractivity contribution is -0.385. The van der Waals surface area contributed by atoms with Gasteiger partial charge in [-0.05, 0) is 61.7 Å². The summed E-state index contributed by atoms with van der Waals surface area (Å²) in [5, 5.41) is 14.5. The molecule has 30 heavy (non-hydrogen) atoms. The van der Waals surface area contributed by atoms with Crippen molar-refractivity contribution in [3.8, 4) is 0 Å². The number of halogens is 1. The highest BCUT2D eigenvalue weighted by atomic mass is 35.5. The molecule has 0 aliphatic carbocycles. The molecule has 1 aromatic heterocycles. The number of carbonyl (C=O) groups is 1. The van der Waals surface area contributed by atoms with Crippen LogP contribution in [-0.4, -0.2) is 33.8 Å². The van der Waals surface area contributed by atoms with Gasteiger partial charge in [-0.25, -0.2) is 4.98 Å². The quantitative estimate of drug-likeness (QED) is 0.423. The number of thiazole rings is 1. The predicted molar refractivity (Wildman–Crippen MR) is 119 cm³/mol. The molecule has 0 atom stereocenters. The zero-order valence-corrected chi connectivity index (χ0v) is 18.0. The molecular weight excluding hydrogens is 424 g/mol. The summed E-state index contributed by atoms with van der Waals surface area (Å²) in [6.07, 6.45) is 2.46. The van der Waals surface area contributed by atoms with E-state index in [0.29, 0.717) is 5.13 Å². The minimum atomic E-state index is -0.618. The van der Waals surface area contributed by atoms with Gasteiger partial charge in [-0.15, -0.1) is 0 Å². The van der Waals surface area contributed by atoms with Crippen molar-refractivity contribution in [2.24, 2.45) is 5.92 Å². The number of nitro groups is 1. The molecule has 7 nitrogen and oxygen atoms in total. The molecule has 1 aliphatic heterocycles. The van der Waals surface area contributed by atoms with E-state index >= 15 is 0 Å². The number of aromatic nitrogens is 1. The van der Waals surface area contributed by atoms with E-state index in [1.54, 1.807) is 0 Å². The Labute approximate surface area is 182 Å². The fraction of sp³-hybridized carbons (Fsp3) is 0.333. The first-order valence-corrected chi connectivity index (χ1v) is 11.0. The SMILES string of the molecule is CC1CCN(Cc2ccc3nc(NC(=O)c4ccc(Cl)cc4[N+](=O)[O-])sc3c2)CC1. The highest BCUT2D eigenvalue weighted by Gasteiger charge is 2.22. The van der Waals surface area contributed by atoms with Crippen molar-refractivity contribution in [2.45, 2.75) is 26.3 Å². The Morgan fingerprint density at radius 1 is 1.30 bits per heavy atom. The standard InChI is InChI=1S/C21H21ClN4O3S/c1-13-6-8-25(9-7-13)12-14-2-5-17-19(10-14)30-21(23-17)24-20(27)16-4-3-15(22)11-18(16)26(28)29/h2-5,10-11,13H,6-9,12H2,1H3,(H,23,24,27). The summed E-state index contributed by atoms with van der Waals surface area (Å²) in [4.78, 5) is 30.1. The van der Waals surface area contributed by atoms with Crippen molar-refractivity contribution in [3.05, 3.63) is 62.7 Å². The van der Waals surface area contributed by atoms with Crippen molar-refractivity contribution in [1.82, 2.24) is 9.88 Å². The number of nitrogens with zero attached hydrogens (tertiary/aromatic N) is 3. The number of hydrogen-bond acceptors (Lipinski definition) is 6. The molecule has 1 aliphatic rings. The minimum absolute atomic E-state index is 0.0522. The third kappa shape index (κ3) is 4.61. The van der Waals surface area contributed by atoms with Crippen LogP contribution < -0.4 is 5.32 Å². The first-order chi connectivity index (χ1) is 14.4. The van der Waals surface area contributed by atoms with Gasteiger partial charge in [-0.3, -0.25) is 25.1 Å². The Morgan fingerprint density at radius 2 is 2.07 bits per heavy atom. The Kier molecular flexibility index (Phi) is 5.99. The van der Waals surface area contributed by atoms with Crippen molar-refractivity contribution in [2.75, 3.05) is 18.4 Å². The maximum absolute atomic E-state index is 12.6. The predicted octanol–water partition coefficient (Wildman–Crippen LogP) is 5.34. The number of anilines is 1. The van der Waals surface area contributed by atoms with Crippen LogP contribution in [0.2, 0.25) is 5.02 Å². The molecule has 3 aromatic rings. The van der Waals surface area contributed by atoms with Crippen molar-refractivity contribution in [3.63, 3.8) is 0 Å². The van der Waals surface area contributed by atoms with E-state index in [4.69, 9.17) is 11.6 Å². The maximum Gasteiger partial charge on any atom is 0.283 e. The van der Waals surface area contributed by atoms with E-state index in [1.165, 1.54) is 47.9 Å². The molecule has 1 fully saturated rings. The van der Waals surface area contributed by atoms with Crippen LogP contribution in [0.5, 0.6) is 0 Å². The fourth-order valence-electron chi connectivity index (χ4n) is 3.61. The zero-order chi connectivity index (χ0) is 21.3. The number of amides is 1. The number of likely N-dealkylation sites (tertiary alicyclic amines) is 1.